The SMILES string of the molecule is CC12C[C-]3CC(C1)CC(C)(C3)C2.[Li+]. The minimum atomic E-state index is 0. The predicted molar refractivity (Wildman–Crippen MR) is 50.6 cm³/mol. The van der Waals surface area contributed by atoms with E-state index in [1.54, 1.807) is 0 Å². The van der Waals surface area contributed by atoms with E-state index in [4.69, 9.17) is 0 Å². The summed E-state index contributed by atoms with van der Waals surface area (Å²) in [6.45, 7) is 5.05. The molecule has 0 aromatic heterocycles. The Labute approximate surface area is 94.0 Å². The van der Waals surface area contributed by atoms with E-state index in [2.05, 4.69) is 13.8 Å². The summed E-state index contributed by atoms with van der Waals surface area (Å²) < 4.78 is 0. The largest absolute Gasteiger partial charge is 1.00 e. The van der Waals surface area contributed by atoms with Crippen LogP contribution < -0.4 is 18.9 Å². The van der Waals surface area contributed by atoms with Gasteiger partial charge in [0.25, 0.3) is 0 Å². The van der Waals surface area contributed by atoms with Gasteiger partial charge < -0.3 is 5.92 Å². The third kappa shape index (κ3) is 1.51. The molecule has 4 bridgehead atoms. The summed E-state index contributed by atoms with van der Waals surface area (Å²) >= 11 is 0. The second kappa shape index (κ2) is 2.80. The Kier molecular flexibility index (Phi) is 2.18. The van der Waals surface area contributed by atoms with Gasteiger partial charge in [0.05, 0.1) is 0 Å². The standard InChI is InChI=1S/C12H19.Li/c1-11-4-9-3-10(5-11)7-12(2,6-9)8-11;/h9H,3-8H2,1-2H3;/q-1;+1. The Balaban J connectivity index is 0.000000653. The molecule has 2 unspecified atom stereocenters. The van der Waals surface area contributed by atoms with Crippen LogP contribution in [0.2, 0.25) is 0 Å². The van der Waals surface area contributed by atoms with Gasteiger partial charge in [0.15, 0.2) is 0 Å². The number of rotatable bonds is 0. The molecule has 4 fully saturated rings. The van der Waals surface area contributed by atoms with Gasteiger partial charge in [-0.1, -0.05) is 30.6 Å². The Bertz CT molecular complexity index is 187. The maximum Gasteiger partial charge on any atom is 1.00 e. The van der Waals surface area contributed by atoms with Crippen molar-refractivity contribution >= 4 is 0 Å². The molecular formula is C12H19Li. The molecule has 4 saturated carbocycles. The van der Waals surface area contributed by atoms with Crippen LogP contribution in [-0.4, -0.2) is 0 Å². The average Bonchev–Trinajstić information content (AvgIpc) is 1.75. The summed E-state index contributed by atoms with van der Waals surface area (Å²) in [6.07, 6.45) is 9.02. The van der Waals surface area contributed by atoms with Gasteiger partial charge in [-0.25, -0.2) is 0 Å². The molecule has 0 radical (unpaired) electrons. The van der Waals surface area contributed by atoms with Crippen LogP contribution in [0.15, 0.2) is 0 Å². The van der Waals surface area contributed by atoms with Gasteiger partial charge in [0.1, 0.15) is 0 Å². The first kappa shape index (κ1) is 10.1. The monoisotopic (exact) mass is 170 g/mol. The first-order valence-corrected chi connectivity index (χ1v) is 5.41. The zero-order valence-electron chi connectivity index (χ0n) is 9.32. The van der Waals surface area contributed by atoms with Crippen LogP contribution >= 0.6 is 0 Å². The predicted octanol–water partition coefficient (Wildman–Crippen LogP) is 0.575. The van der Waals surface area contributed by atoms with Crippen LogP contribution in [0.25, 0.3) is 0 Å². The van der Waals surface area contributed by atoms with Crippen molar-refractivity contribution in [3.8, 4) is 0 Å². The molecular weight excluding hydrogens is 151 g/mol. The minimum absolute atomic E-state index is 0. The van der Waals surface area contributed by atoms with Gasteiger partial charge in [-0.05, 0) is 19.3 Å². The molecule has 68 valence electrons. The van der Waals surface area contributed by atoms with E-state index in [0.29, 0.717) is 0 Å². The van der Waals surface area contributed by atoms with Crippen molar-refractivity contribution in [2.45, 2.75) is 52.4 Å². The number of hydrogen-bond donors (Lipinski definition) is 0. The summed E-state index contributed by atoms with van der Waals surface area (Å²) in [4.78, 5) is 0. The normalized spacial score (nSPS) is 53.5. The van der Waals surface area contributed by atoms with E-state index in [0.717, 1.165) is 16.7 Å². The first-order valence-electron chi connectivity index (χ1n) is 5.41. The van der Waals surface area contributed by atoms with Crippen LogP contribution in [0.5, 0.6) is 0 Å². The Morgan fingerprint density at radius 2 is 1.62 bits per heavy atom. The maximum atomic E-state index is 2.52. The van der Waals surface area contributed by atoms with Crippen LogP contribution in [0.4, 0.5) is 0 Å². The van der Waals surface area contributed by atoms with Gasteiger partial charge in [-0.15, -0.1) is 0 Å². The first-order chi connectivity index (χ1) is 5.57. The van der Waals surface area contributed by atoms with E-state index in [9.17, 15) is 0 Å². The van der Waals surface area contributed by atoms with E-state index >= 15 is 0 Å². The van der Waals surface area contributed by atoms with Gasteiger partial charge in [0, 0.05) is 0 Å². The zero-order chi connectivity index (χ0) is 8.40. The van der Waals surface area contributed by atoms with Crippen molar-refractivity contribution < 1.29 is 18.9 Å². The van der Waals surface area contributed by atoms with E-state index in [1.807, 2.05) is 5.92 Å². The zero-order valence-corrected chi connectivity index (χ0v) is 9.32. The molecule has 0 aliphatic heterocycles. The molecule has 2 atom stereocenters. The molecule has 4 rings (SSSR count). The van der Waals surface area contributed by atoms with Gasteiger partial charge in [0.2, 0.25) is 0 Å². The van der Waals surface area contributed by atoms with Crippen LogP contribution in [-0.2, 0) is 0 Å². The molecule has 13 heavy (non-hydrogen) atoms. The maximum absolute atomic E-state index is 2.52. The molecule has 1 heteroatoms. The molecule has 0 spiro atoms. The molecule has 0 saturated heterocycles. The van der Waals surface area contributed by atoms with Crippen molar-refractivity contribution in [2.24, 2.45) is 16.7 Å². The van der Waals surface area contributed by atoms with Crippen LogP contribution in [0.3, 0.4) is 0 Å². The van der Waals surface area contributed by atoms with Crippen molar-refractivity contribution in [1.29, 1.82) is 0 Å². The van der Waals surface area contributed by atoms with Crippen molar-refractivity contribution in [3.05, 3.63) is 5.92 Å². The number of hydrogen-bond acceptors (Lipinski definition) is 0. The third-order valence-corrected chi connectivity index (χ3v) is 4.35. The average molecular weight is 170 g/mol. The topological polar surface area (TPSA) is 0 Å². The minimum Gasteiger partial charge on any atom is -0.312 e. The second-order valence-corrected chi connectivity index (χ2v) is 6.38. The van der Waals surface area contributed by atoms with Crippen molar-refractivity contribution in [3.63, 3.8) is 0 Å². The Morgan fingerprint density at radius 1 is 1.08 bits per heavy atom. The molecule has 0 heterocycles. The Hall–Kier alpha value is 0.597. The smallest absolute Gasteiger partial charge is 0.312 e. The van der Waals surface area contributed by atoms with E-state index in [1.165, 1.54) is 38.5 Å². The molecule has 4 aliphatic carbocycles. The fourth-order valence-corrected chi connectivity index (χ4v) is 4.88. The fraction of sp³-hybridized carbons (Fsp3) is 0.917. The van der Waals surface area contributed by atoms with Gasteiger partial charge >= 0.3 is 18.9 Å². The summed E-state index contributed by atoms with van der Waals surface area (Å²) in [6, 6.07) is 0. The molecule has 0 aromatic rings. The van der Waals surface area contributed by atoms with Crippen LogP contribution in [0, 0.1) is 22.7 Å². The second-order valence-electron chi connectivity index (χ2n) is 6.38. The van der Waals surface area contributed by atoms with E-state index < -0.39 is 0 Å². The molecule has 0 amide bonds. The molecule has 0 N–H and O–H groups in total. The quantitative estimate of drug-likeness (QED) is 0.368. The van der Waals surface area contributed by atoms with Gasteiger partial charge in [-0.2, -0.15) is 19.3 Å². The van der Waals surface area contributed by atoms with Gasteiger partial charge in [-0.3, -0.25) is 0 Å². The van der Waals surface area contributed by atoms with Crippen molar-refractivity contribution in [2.75, 3.05) is 0 Å². The fourth-order valence-electron chi connectivity index (χ4n) is 4.88. The molecule has 0 aromatic carbocycles. The summed E-state index contributed by atoms with van der Waals surface area (Å²) in [5, 5.41) is 0. The van der Waals surface area contributed by atoms with E-state index in [-0.39, 0.29) is 18.9 Å². The Morgan fingerprint density at radius 3 is 2.00 bits per heavy atom. The molecule has 4 aliphatic rings. The van der Waals surface area contributed by atoms with Crippen molar-refractivity contribution in [1.82, 2.24) is 0 Å². The third-order valence-electron chi connectivity index (χ3n) is 4.35. The molecule has 0 nitrogen and oxygen atoms in total. The summed E-state index contributed by atoms with van der Waals surface area (Å²) in [5.41, 5.74) is 1.45. The van der Waals surface area contributed by atoms with Crippen LogP contribution in [0.1, 0.15) is 52.4 Å². The summed E-state index contributed by atoms with van der Waals surface area (Å²) in [5.74, 6) is 2.99. The summed E-state index contributed by atoms with van der Waals surface area (Å²) in [7, 11) is 0.